The summed E-state index contributed by atoms with van der Waals surface area (Å²) in [6.45, 7) is 4.30. The van der Waals surface area contributed by atoms with Crippen molar-refractivity contribution in [3.8, 4) is 0 Å². The fraction of sp³-hybridized carbons (Fsp3) is 0.471. The van der Waals surface area contributed by atoms with E-state index < -0.39 is 5.92 Å². The Hall–Kier alpha value is -2.37. The molecule has 6 nitrogen and oxygen atoms in total. The third-order valence-corrected chi connectivity index (χ3v) is 3.66. The smallest absolute Gasteiger partial charge is 0.311 e. The highest BCUT2D eigenvalue weighted by molar-refractivity contribution is 6.00. The van der Waals surface area contributed by atoms with Crippen LogP contribution in [0.4, 0.5) is 11.4 Å². The van der Waals surface area contributed by atoms with Crippen LogP contribution in [-0.2, 0) is 19.1 Å². The lowest BCUT2D eigenvalue weighted by atomic mass is 10.1. The highest BCUT2D eigenvalue weighted by Gasteiger charge is 2.36. The first-order chi connectivity index (χ1) is 11.0. The summed E-state index contributed by atoms with van der Waals surface area (Å²) in [5.41, 5.74) is 1.32. The molecule has 1 heterocycles. The first kappa shape index (κ1) is 17.0. The van der Waals surface area contributed by atoms with E-state index >= 15 is 0 Å². The van der Waals surface area contributed by atoms with Crippen molar-refractivity contribution in [3.05, 3.63) is 24.3 Å². The number of ether oxygens (including phenoxy) is 1. The lowest BCUT2D eigenvalue weighted by Gasteiger charge is -2.17. The van der Waals surface area contributed by atoms with Crippen LogP contribution in [0, 0.1) is 5.92 Å². The van der Waals surface area contributed by atoms with Crippen LogP contribution in [0.3, 0.4) is 0 Å². The van der Waals surface area contributed by atoms with E-state index in [0.29, 0.717) is 30.9 Å². The molecular weight excluding hydrogens is 296 g/mol. The monoisotopic (exact) mass is 318 g/mol. The second kappa shape index (κ2) is 7.76. The molecule has 2 amide bonds. The van der Waals surface area contributed by atoms with Gasteiger partial charge in [-0.25, -0.2) is 0 Å². The van der Waals surface area contributed by atoms with Gasteiger partial charge in [-0.05, 0) is 31.5 Å². The van der Waals surface area contributed by atoms with Crippen LogP contribution >= 0.6 is 0 Å². The Labute approximate surface area is 135 Å². The molecule has 0 unspecified atom stereocenters. The lowest BCUT2D eigenvalue weighted by Crippen LogP contribution is -2.26. The maximum Gasteiger partial charge on any atom is 0.311 e. The van der Waals surface area contributed by atoms with Crippen LogP contribution in [0.1, 0.15) is 33.1 Å². The molecule has 0 aromatic heterocycles. The molecule has 1 saturated heterocycles. The van der Waals surface area contributed by atoms with Gasteiger partial charge >= 0.3 is 5.97 Å². The first-order valence-corrected chi connectivity index (χ1v) is 7.92. The summed E-state index contributed by atoms with van der Waals surface area (Å²) in [4.78, 5) is 37.2. The van der Waals surface area contributed by atoms with Crippen LogP contribution in [-0.4, -0.2) is 30.9 Å². The van der Waals surface area contributed by atoms with Gasteiger partial charge in [-0.15, -0.1) is 0 Å². The number of nitrogens with zero attached hydrogens (tertiary/aromatic N) is 1. The minimum absolute atomic E-state index is 0.0539. The van der Waals surface area contributed by atoms with Gasteiger partial charge < -0.3 is 15.0 Å². The largest absolute Gasteiger partial charge is 0.466 e. The molecule has 0 aliphatic carbocycles. The molecule has 0 saturated carbocycles. The van der Waals surface area contributed by atoms with E-state index in [0.717, 1.165) is 6.42 Å². The van der Waals surface area contributed by atoms with Crippen molar-refractivity contribution < 1.29 is 19.1 Å². The van der Waals surface area contributed by atoms with Gasteiger partial charge in [0.15, 0.2) is 0 Å². The van der Waals surface area contributed by atoms with Crippen LogP contribution in [0.2, 0.25) is 0 Å². The van der Waals surface area contributed by atoms with Gasteiger partial charge in [-0.3, -0.25) is 14.4 Å². The fourth-order valence-corrected chi connectivity index (χ4v) is 2.58. The second-order valence-corrected chi connectivity index (χ2v) is 5.51. The van der Waals surface area contributed by atoms with Gasteiger partial charge in [0.2, 0.25) is 11.8 Å². The number of anilines is 2. The van der Waals surface area contributed by atoms with E-state index in [1.807, 2.05) is 6.92 Å². The Kier molecular flexibility index (Phi) is 5.73. The Balaban J connectivity index is 2.08. The van der Waals surface area contributed by atoms with Crippen molar-refractivity contribution in [1.82, 2.24) is 0 Å². The summed E-state index contributed by atoms with van der Waals surface area (Å²) < 4.78 is 4.99. The van der Waals surface area contributed by atoms with Gasteiger partial charge in [0.1, 0.15) is 0 Å². The summed E-state index contributed by atoms with van der Waals surface area (Å²) in [6.07, 6.45) is 1.39. The molecular formula is C17H22N2O4. The van der Waals surface area contributed by atoms with Gasteiger partial charge in [-0.2, -0.15) is 0 Å². The molecule has 1 aromatic carbocycles. The normalized spacial score (nSPS) is 17.2. The van der Waals surface area contributed by atoms with E-state index in [-0.39, 0.29) is 24.2 Å². The van der Waals surface area contributed by atoms with Crippen LogP contribution in [0.25, 0.3) is 0 Å². The first-order valence-electron chi connectivity index (χ1n) is 7.92. The average Bonchev–Trinajstić information content (AvgIpc) is 2.90. The molecule has 1 aliphatic rings. The number of rotatable bonds is 6. The summed E-state index contributed by atoms with van der Waals surface area (Å²) in [7, 11) is 0. The molecule has 0 radical (unpaired) electrons. The predicted molar refractivity (Wildman–Crippen MR) is 87.1 cm³/mol. The Morgan fingerprint density at radius 2 is 2.13 bits per heavy atom. The van der Waals surface area contributed by atoms with Crippen molar-refractivity contribution >= 4 is 29.2 Å². The second-order valence-electron chi connectivity index (χ2n) is 5.51. The zero-order valence-electron chi connectivity index (χ0n) is 13.5. The number of benzene rings is 1. The maximum absolute atomic E-state index is 12.2. The molecule has 1 fully saturated rings. The number of carbonyl (C=O) groups excluding carboxylic acids is 3. The SMILES string of the molecule is CCCC(=O)Nc1cccc(N2C[C@@H](C(=O)OCC)CC2=O)c1. The third kappa shape index (κ3) is 4.31. The number of amides is 2. The highest BCUT2D eigenvalue weighted by atomic mass is 16.5. The van der Waals surface area contributed by atoms with Gasteiger partial charge in [-0.1, -0.05) is 13.0 Å². The van der Waals surface area contributed by atoms with Crippen molar-refractivity contribution in [1.29, 1.82) is 0 Å². The van der Waals surface area contributed by atoms with Crippen LogP contribution < -0.4 is 10.2 Å². The zero-order valence-corrected chi connectivity index (χ0v) is 13.5. The van der Waals surface area contributed by atoms with Crippen LogP contribution in [0.5, 0.6) is 0 Å². The Morgan fingerprint density at radius 1 is 1.35 bits per heavy atom. The van der Waals surface area contributed by atoms with Gasteiger partial charge in [0.25, 0.3) is 0 Å². The van der Waals surface area contributed by atoms with Gasteiger partial charge in [0, 0.05) is 30.8 Å². The minimum Gasteiger partial charge on any atom is -0.466 e. The number of carbonyl (C=O) groups is 3. The zero-order chi connectivity index (χ0) is 16.8. The van der Waals surface area contributed by atoms with E-state index in [1.54, 1.807) is 36.1 Å². The fourth-order valence-electron chi connectivity index (χ4n) is 2.58. The van der Waals surface area contributed by atoms with Crippen LogP contribution in [0.15, 0.2) is 24.3 Å². The Bertz CT molecular complexity index is 600. The molecule has 6 heteroatoms. The molecule has 2 rings (SSSR count). The molecule has 1 atom stereocenters. The summed E-state index contributed by atoms with van der Waals surface area (Å²) in [5, 5.41) is 2.81. The number of hydrogen-bond donors (Lipinski definition) is 1. The quantitative estimate of drug-likeness (QED) is 0.817. The summed E-state index contributed by atoms with van der Waals surface area (Å²) in [5.74, 6) is -0.932. The maximum atomic E-state index is 12.2. The van der Waals surface area contributed by atoms with E-state index in [2.05, 4.69) is 5.32 Å². The minimum atomic E-state index is -0.430. The molecule has 0 bridgehead atoms. The van der Waals surface area contributed by atoms with Crippen molar-refractivity contribution in [2.75, 3.05) is 23.4 Å². The highest BCUT2D eigenvalue weighted by Crippen LogP contribution is 2.27. The molecule has 1 N–H and O–H groups in total. The third-order valence-electron chi connectivity index (χ3n) is 3.66. The lowest BCUT2D eigenvalue weighted by molar-refractivity contribution is -0.147. The summed E-state index contributed by atoms with van der Waals surface area (Å²) in [6, 6.07) is 7.10. The standard InChI is InChI=1S/C17H22N2O4/c1-3-6-15(20)18-13-7-5-8-14(10-13)19-11-12(9-16(19)21)17(22)23-4-2/h5,7-8,10,12H,3-4,6,9,11H2,1-2H3,(H,18,20)/t12-/m0/s1. The van der Waals surface area contributed by atoms with E-state index in [4.69, 9.17) is 4.74 Å². The average molecular weight is 318 g/mol. The molecule has 124 valence electrons. The number of nitrogens with one attached hydrogen (secondary N) is 1. The van der Waals surface area contributed by atoms with Crippen molar-refractivity contribution in [3.63, 3.8) is 0 Å². The van der Waals surface area contributed by atoms with E-state index in [1.165, 1.54) is 0 Å². The van der Waals surface area contributed by atoms with Crippen molar-refractivity contribution in [2.45, 2.75) is 33.1 Å². The number of hydrogen-bond acceptors (Lipinski definition) is 4. The Morgan fingerprint density at radius 3 is 2.83 bits per heavy atom. The topological polar surface area (TPSA) is 75.7 Å². The molecule has 23 heavy (non-hydrogen) atoms. The summed E-state index contributed by atoms with van der Waals surface area (Å²) >= 11 is 0. The van der Waals surface area contributed by atoms with E-state index in [9.17, 15) is 14.4 Å². The number of esters is 1. The van der Waals surface area contributed by atoms with Gasteiger partial charge in [0.05, 0.1) is 12.5 Å². The molecule has 0 spiro atoms. The molecule has 1 aromatic rings. The van der Waals surface area contributed by atoms with Crippen molar-refractivity contribution in [2.24, 2.45) is 5.92 Å². The molecule has 1 aliphatic heterocycles. The predicted octanol–water partition coefficient (Wildman–Crippen LogP) is 2.34.